The molecule has 0 bridgehead atoms. The van der Waals surface area contributed by atoms with Gasteiger partial charge in [-0.15, -0.1) is 11.8 Å². The van der Waals surface area contributed by atoms with Gasteiger partial charge in [-0.25, -0.2) is 4.79 Å². The van der Waals surface area contributed by atoms with Crippen LogP contribution in [0, 0.1) is 0 Å². The van der Waals surface area contributed by atoms with Crippen LogP contribution in [0.4, 0.5) is 5.69 Å². The molecule has 2 aromatic heterocycles. The van der Waals surface area contributed by atoms with Gasteiger partial charge in [-0.3, -0.25) is 18.7 Å². The number of anilines is 1. The standard InChI is InChI=1S/C17H18N4O3S2/c1-10(2)21-16(23)15-13(9-26-19-15)20(17(21)24)8-14(22)18-11-5-4-6-12(7-11)25-3/h4-7,9-10H,8H2,1-3H3,(H,18,22). The molecule has 3 rings (SSSR count). The molecule has 0 aliphatic rings. The van der Waals surface area contributed by atoms with Crippen LogP contribution in [-0.2, 0) is 11.3 Å². The van der Waals surface area contributed by atoms with Gasteiger partial charge in [-0.05, 0) is 49.8 Å². The number of nitrogens with zero attached hydrogens (tertiary/aromatic N) is 3. The molecule has 0 saturated heterocycles. The molecule has 0 aliphatic carbocycles. The Kier molecular flexibility index (Phi) is 5.28. The third-order valence-corrected chi connectivity index (χ3v) is 5.21. The predicted octanol–water partition coefficient (Wildman–Crippen LogP) is 2.56. The van der Waals surface area contributed by atoms with Crippen LogP contribution in [-0.4, -0.2) is 25.7 Å². The van der Waals surface area contributed by atoms with Crippen molar-refractivity contribution in [2.24, 2.45) is 0 Å². The van der Waals surface area contributed by atoms with Crippen LogP contribution in [0.25, 0.3) is 11.0 Å². The zero-order chi connectivity index (χ0) is 18.8. The van der Waals surface area contributed by atoms with E-state index in [0.29, 0.717) is 11.2 Å². The summed E-state index contributed by atoms with van der Waals surface area (Å²) < 4.78 is 6.52. The molecule has 3 aromatic rings. The maximum absolute atomic E-state index is 12.8. The van der Waals surface area contributed by atoms with E-state index >= 15 is 0 Å². The minimum atomic E-state index is -0.509. The van der Waals surface area contributed by atoms with Gasteiger partial charge in [-0.2, -0.15) is 4.37 Å². The Balaban J connectivity index is 1.98. The van der Waals surface area contributed by atoms with Gasteiger partial charge in [0.1, 0.15) is 6.54 Å². The van der Waals surface area contributed by atoms with Crippen LogP contribution in [0.3, 0.4) is 0 Å². The molecule has 0 saturated carbocycles. The maximum Gasteiger partial charge on any atom is 0.332 e. The monoisotopic (exact) mass is 390 g/mol. The third-order valence-electron chi connectivity index (χ3n) is 3.87. The number of amides is 1. The van der Waals surface area contributed by atoms with Crippen LogP contribution in [0.5, 0.6) is 0 Å². The van der Waals surface area contributed by atoms with E-state index in [9.17, 15) is 14.4 Å². The van der Waals surface area contributed by atoms with Crippen molar-refractivity contribution in [2.75, 3.05) is 11.6 Å². The van der Waals surface area contributed by atoms with Crippen LogP contribution in [0.15, 0.2) is 44.1 Å². The molecule has 2 heterocycles. The first kappa shape index (κ1) is 18.4. The Morgan fingerprint density at radius 2 is 2.12 bits per heavy atom. The fourth-order valence-electron chi connectivity index (χ4n) is 2.66. The van der Waals surface area contributed by atoms with Crippen molar-refractivity contribution in [3.8, 4) is 0 Å². The number of hydrogen-bond acceptors (Lipinski definition) is 6. The first-order valence-corrected chi connectivity index (χ1v) is 10.0. The smallest absolute Gasteiger partial charge is 0.324 e. The van der Waals surface area contributed by atoms with Gasteiger partial charge < -0.3 is 5.32 Å². The molecule has 0 unspecified atom stereocenters. The maximum atomic E-state index is 12.8. The Hall–Kier alpha value is -2.39. The van der Waals surface area contributed by atoms with Crippen molar-refractivity contribution in [1.29, 1.82) is 0 Å². The molecule has 0 aliphatic heterocycles. The van der Waals surface area contributed by atoms with Crippen molar-refractivity contribution in [3.05, 3.63) is 50.5 Å². The molecule has 0 spiro atoms. The van der Waals surface area contributed by atoms with Crippen molar-refractivity contribution < 1.29 is 4.79 Å². The molecule has 136 valence electrons. The van der Waals surface area contributed by atoms with Crippen LogP contribution in [0.1, 0.15) is 19.9 Å². The van der Waals surface area contributed by atoms with E-state index in [2.05, 4.69) is 9.69 Å². The summed E-state index contributed by atoms with van der Waals surface area (Å²) in [5.74, 6) is -0.341. The van der Waals surface area contributed by atoms with Gasteiger partial charge in [0, 0.05) is 22.0 Å². The largest absolute Gasteiger partial charge is 0.332 e. The van der Waals surface area contributed by atoms with E-state index in [-0.39, 0.29) is 24.0 Å². The van der Waals surface area contributed by atoms with Gasteiger partial charge in [0.05, 0.1) is 5.52 Å². The third kappa shape index (κ3) is 3.45. The summed E-state index contributed by atoms with van der Waals surface area (Å²) in [4.78, 5) is 38.7. The fraction of sp³-hybridized carbons (Fsp3) is 0.294. The number of nitrogens with one attached hydrogen (secondary N) is 1. The van der Waals surface area contributed by atoms with E-state index < -0.39 is 11.2 Å². The molecular formula is C17H18N4O3S2. The lowest BCUT2D eigenvalue weighted by Crippen LogP contribution is -2.42. The summed E-state index contributed by atoms with van der Waals surface area (Å²) in [6.07, 6.45) is 1.95. The second-order valence-corrected chi connectivity index (χ2v) is 7.47. The Labute approximate surface area is 157 Å². The van der Waals surface area contributed by atoms with Crippen molar-refractivity contribution in [2.45, 2.75) is 31.3 Å². The predicted molar refractivity (Wildman–Crippen MR) is 105 cm³/mol. The number of fused-ring (bicyclic) bond motifs is 1. The molecule has 0 fully saturated rings. The van der Waals surface area contributed by atoms with E-state index in [4.69, 9.17) is 0 Å². The van der Waals surface area contributed by atoms with Gasteiger partial charge >= 0.3 is 5.69 Å². The van der Waals surface area contributed by atoms with E-state index in [1.54, 1.807) is 37.1 Å². The van der Waals surface area contributed by atoms with Crippen LogP contribution in [0.2, 0.25) is 0 Å². The zero-order valence-electron chi connectivity index (χ0n) is 14.6. The number of benzene rings is 1. The molecule has 7 nitrogen and oxygen atoms in total. The van der Waals surface area contributed by atoms with Crippen molar-refractivity contribution in [1.82, 2.24) is 13.5 Å². The second-order valence-electron chi connectivity index (χ2n) is 5.97. The summed E-state index contributed by atoms with van der Waals surface area (Å²) in [6.45, 7) is 3.31. The highest BCUT2D eigenvalue weighted by molar-refractivity contribution is 7.98. The molecule has 1 amide bonds. The minimum Gasteiger partial charge on any atom is -0.324 e. The van der Waals surface area contributed by atoms with E-state index in [1.807, 2.05) is 24.5 Å². The lowest BCUT2D eigenvalue weighted by molar-refractivity contribution is -0.116. The molecule has 0 atom stereocenters. The SMILES string of the molecule is CSc1cccc(NC(=O)Cn2c(=O)n(C(C)C)c(=O)c3nscc32)c1. The topological polar surface area (TPSA) is 86.0 Å². The number of rotatable bonds is 5. The normalized spacial score (nSPS) is 11.2. The van der Waals surface area contributed by atoms with Crippen molar-refractivity contribution in [3.63, 3.8) is 0 Å². The number of thioether (sulfide) groups is 1. The number of aromatic nitrogens is 3. The van der Waals surface area contributed by atoms with Gasteiger partial charge in [0.2, 0.25) is 5.91 Å². The summed E-state index contributed by atoms with van der Waals surface area (Å²) in [7, 11) is 0. The molecule has 1 aromatic carbocycles. The number of carbonyl (C=O) groups excluding carboxylic acids is 1. The van der Waals surface area contributed by atoms with E-state index in [1.165, 1.54) is 4.57 Å². The van der Waals surface area contributed by atoms with E-state index in [0.717, 1.165) is 21.0 Å². The first-order valence-electron chi connectivity index (χ1n) is 7.95. The summed E-state index contributed by atoms with van der Waals surface area (Å²) in [5.41, 5.74) is 0.318. The Morgan fingerprint density at radius 1 is 1.35 bits per heavy atom. The fourth-order valence-corrected chi connectivity index (χ4v) is 3.79. The number of hydrogen-bond donors (Lipinski definition) is 1. The summed E-state index contributed by atoms with van der Waals surface area (Å²) in [5, 5.41) is 4.41. The molecular weight excluding hydrogens is 372 g/mol. The summed E-state index contributed by atoms with van der Waals surface area (Å²) in [6, 6.07) is 7.13. The van der Waals surface area contributed by atoms with Gasteiger partial charge in [-0.1, -0.05) is 6.07 Å². The Bertz CT molecular complexity index is 1080. The molecule has 0 radical (unpaired) electrons. The lowest BCUT2D eigenvalue weighted by atomic mass is 10.3. The zero-order valence-corrected chi connectivity index (χ0v) is 16.2. The van der Waals surface area contributed by atoms with Gasteiger partial charge in [0.15, 0.2) is 5.52 Å². The number of carbonyl (C=O) groups is 1. The second kappa shape index (κ2) is 7.46. The van der Waals surface area contributed by atoms with Crippen LogP contribution >= 0.6 is 23.3 Å². The highest BCUT2D eigenvalue weighted by atomic mass is 32.2. The summed E-state index contributed by atoms with van der Waals surface area (Å²) >= 11 is 2.66. The average molecular weight is 390 g/mol. The minimum absolute atomic E-state index is 0.190. The highest BCUT2D eigenvalue weighted by Crippen LogP contribution is 2.19. The molecule has 26 heavy (non-hydrogen) atoms. The Morgan fingerprint density at radius 3 is 2.81 bits per heavy atom. The van der Waals surface area contributed by atoms with Gasteiger partial charge in [0.25, 0.3) is 5.56 Å². The van der Waals surface area contributed by atoms with Crippen molar-refractivity contribution >= 4 is 45.9 Å². The lowest BCUT2D eigenvalue weighted by Gasteiger charge is -2.14. The average Bonchev–Trinajstić information content (AvgIpc) is 3.08. The van der Waals surface area contributed by atoms with Crippen LogP contribution < -0.4 is 16.6 Å². The highest BCUT2D eigenvalue weighted by Gasteiger charge is 2.18. The quantitative estimate of drug-likeness (QED) is 0.677. The molecule has 9 heteroatoms. The first-order chi connectivity index (χ1) is 12.4. The molecule has 1 N–H and O–H groups in total.